The third kappa shape index (κ3) is 3.05. The fourth-order valence-corrected chi connectivity index (χ4v) is 2.13. The van der Waals surface area contributed by atoms with Crippen molar-refractivity contribution in [1.29, 1.82) is 0 Å². The number of hydrogen-bond acceptors (Lipinski definition) is 4. The number of aryl methyl sites for hydroxylation is 1. The number of benzene rings is 1. The lowest BCUT2D eigenvalue weighted by molar-refractivity contribution is 0.0516. The van der Waals surface area contributed by atoms with Crippen LogP contribution in [-0.4, -0.2) is 11.7 Å². The molecule has 3 nitrogen and oxygen atoms in total. The summed E-state index contributed by atoms with van der Waals surface area (Å²) in [6.45, 7) is 3.74. The Balaban J connectivity index is 2.07. The summed E-state index contributed by atoms with van der Waals surface area (Å²) in [5.41, 5.74) is 2.23. The Morgan fingerprint density at radius 3 is 2.78 bits per heavy atom. The normalized spacial score (nSPS) is 11.3. The zero-order valence-electron chi connectivity index (χ0n) is 10.2. The van der Waals surface area contributed by atoms with Crippen molar-refractivity contribution in [3.05, 3.63) is 57.8 Å². The van der Waals surface area contributed by atoms with E-state index < -0.39 is 5.97 Å². The molecule has 2 aromatic rings. The minimum atomic E-state index is -0.436. The molecule has 0 atom stereocenters. The summed E-state index contributed by atoms with van der Waals surface area (Å²) in [7, 11) is 0. The first-order valence-electron chi connectivity index (χ1n) is 5.53. The lowest BCUT2D eigenvalue weighted by atomic mass is 10.1. The van der Waals surface area contributed by atoms with E-state index in [-0.39, 0.29) is 0 Å². The van der Waals surface area contributed by atoms with Gasteiger partial charge in [0, 0.05) is 0 Å². The zero-order chi connectivity index (χ0) is 13.0. The number of rotatable bonds is 3. The van der Waals surface area contributed by atoms with Crippen molar-refractivity contribution in [2.24, 2.45) is 5.16 Å². The minimum absolute atomic E-state index is 0.436. The van der Waals surface area contributed by atoms with Crippen LogP contribution in [0.2, 0.25) is 0 Å². The molecule has 1 aromatic heterocycles. The van der Waals surface area contributed by atoms with Crippen molar-refractivity contribution in [3.8, 4) is 0 Å². The number of nitrogens with zero attached hydrogens (tertiary/aromatic N) is 1. The van der Waals surface area contributed by atoms with Gasteiger partial charge in [0.15, 0.2) is 0 Å². The molecule has 4 heteroatoms. The topological polar surface area (TPSA) is 38.7 Å². The van der Waals surface area contributed by atoms with E-state index >= 15 is 0 Å². The summed E-state index contributed by atoms with van der Waals surface area (Å²) in [5.74, 6) is -0.436. The molecule has 0 amide bonds. The minimum Gasteiger partial charge on any atom is -0.313 e. The van der Waals surface area contributed by atoms with Crippen LogP contribution in [0.1, 0.15) is 27.7 Å². The molecule has 0 unspecified atom stereocenters. The van der Waals surface area contributed by atoms with Crippen molar-refractivity contribution >= 4 is 23.0 Å². The van der Waals surface area contributed by atoms with Gasteiger partial charge in [-0.3, -0.25) is 0 Å². The molecule has 0 bridgehead atoms. The maximum Gasteiger partial charge on any atom is 0.365 e. The number of carbonyl (C=O) groups excluding carboxylic acids is 1. The molecule has 0 saturated carbocycles. The summed E-state index contributed by atoms with van der Waals surface area (Å²) in [6, 6.07) is 11.1. The molecule has 92 valence electrons. The van der Waals surface area contributed by atoms with Crippen LogP contribution in [0.25, 0.3) is 0 Å². The van der Waals surface area contributed by atoms with E-state index in [9.17, 15) is 4.79 Å². The Bertz CT molecular complexity index is 573. The van der Waals surface area contributed by atoms with Crippen LogP contribution in [0, 0.1) is 6.92 Å². The van der Waals surface area contributed by atoms with Crippen LogP contribution in [0.4, 0.5) is 0 Å². The smallest absolute Gasteiger partial charge is 0.313 e. The molecule has 0 spiro atoms. The Morgan fingerprint density at radius 2 is 2.11 bits per heavy atom. The molecule has 0 aliphatic heterocycles. The first kappa shape index (κ1) is 12.5. The van der Waals surface area contributed by atoms with Crippen molar-refractivity contribution in [1.82, 2.24) is 0 Å². The van der Waals surface area contributed by atoms with Gasteiger partial charge in [0.05, 0.1) is 16.2 Å². The number of hydrogen-bond donors (Lipinski definition) is 0. The van der Waals surface area contributed by atoms with Crippen LogP contribution < -0.4 is 0 Å². The second-order valence-electron chi connectivity index (χ2n) is 3.90. The highest BCUT2D eigenvalue weighted by molar-refractivity contribution is 7.12. The van der Waals surface area contributed by atoms with E-state index in [4.69, 9.17) is 4.84 Å². The van der Waals surface area contributed by atoms with Crippen LogP contribution in [-0.2, 0) is 4.84 Å². The molecule has 0 N–H and O–H groups in total. The van der Waals surface area contributed by atoms with Crippen molar-refractivity contribution in [3.63, 3.8) is 0 Å². The Labute approximate surface area is 110 Å². The third-order valence-corrected chi connectivity index (χ3v) is 3.38. The highest BCUT2D eigenvalue weighted by Crippen LogP contribution is 2.11. The van der Waals surface area contributed by atoms with Gasteiger partial charge in [-0.05, 0) is 37.4 Å². The average molecular weight is 259 g/mol. The largest absolute Gasteiger partial charge is 0.365 e. The lowest BCUT2D eigenvalue weighted by Gasteiger charge is -2.00. The highest BCUT2D eigenvalue weighted by Gasteiger charge is 2.07. The van der Waals surface area contributed by atoms with Crippen LogP contribution in [0.15, 0.2) is 46.9 Å². The van der Waals surface area contributed by atoms with Gasteiger partial charge in [-0.15, -0.1) is 11.3 Å². The summed E-state index contributed by atoms with van der Waals surface area (Å²) >= 11 is 1.56. The Morgan fingerprint density at radius 1 is 1.28 bits per heavy atom. The fourth-order valence-electron chi connectivity index (χ4n) is 1.46. The predicted molar refractivity (Wildman–Crippen MR) is 73.1 cm³/mol. The first-order chi connectivity index (χ1) is 8.66. The van der Waals surface area contributed by atoms with Crippen LogP contribution in [0.5, 0.6) is 0 Å². The van der Waals surface area contributed by atoms with Gasteiger partial charge in [0.1, 0.15) is 0 Å². The van der Waals surface area contributed by atoms with Crippen molar-refractivity contribution in [2.75, 3.05) is 0 Å². The lowest BCUT2D eigenvalue weighted by Crippen LogP contribution is -2.03. The van der Waals surface area contributed by atoms with Gasteiger partial charge in [-0.1, -0.05) is 28.9 Å². The van der Waals surface area contributed by atoms with E-state index in [1.54, 1.807) is 23.5 Å². The fraction of sp³-hybridized carbons (Fsp3) is 0.143. The Hall–Kier alpha value is -1.94. The maximum absolute atomic E-state index is 11.7. The first-order valence-corrected chi connectivity index (χ1v) is 6.41. The quantitative estimate of drug-likeness (QED) is 0.479. The third-order valence-electron chi connectivity index (χ3n) is 2.40. The molecule has 1 heterocycles. The molecule has 0 aliphatic carbocycles. The zero-order valence-corrected chi connectivity index (χ0v) is 11.0. The number of carbonyl (C=O) groups is 1. The van der Waals surface area contributed by atoms with Gasteiger partial charge in [-0.2, -0.15) is 0 Å². The van der Waals surface area contributed by atoms with Gasteiger partial charge in [0.2, 0.25) is 0 Å². The van der Waals surface area contributed by atoms with Gasteiger partial charge in [-0.25, -0.2) is 4.79 Å². The second-order valence-corrected chi connectivity index (χ2v) is 4.85. The predicted octanol–water partition coefficient (Wildman–Crippen LogP) is 3.64. The molecular weight excluding hydrogens is 246 g/mol. The van der Waals surface area contributed by atoms with Crippen molar-refractivity contribution < 1.29 is 9.63 Å². The standard InChI is InChI=1S/C14H13NO2S/c1-10-5-3-6-12(9-10)14(16)17-15-11(2)13-7-4-8-18-13/h3-9H,1-2H3. The molecule has 1 aromatic carbocycles. The van der Waals surface area contributed by atoms with Crippen LogP contribution >= 0.6 is 11.3 Å². The van der Waals surface area contributed by atoms with Crippen LogP contribution in [0.3, 0.4) is 0 Å². The molecular formula is C14H13NO2S. The molecule has 0 aliphatic rings. The van der Waals surface area contributed by atoms with E-state index in [0.717, 1.165) is 10.4 Å². The number of oxime groups is 1. The Kier molecular flexibility index (Phi) is 3.89. The molecule has 0 fully saturated rings. The molecule has 0 radical (unpaired) electrons. The average Bonchev–Trinajstić information content (AvgIpc) is 2.89. The summed E-state index contributed by atoms with van der Waals surface area (Å²) in [4.78, 5) is 17.7. The highest BCUT2D eigenvalue weighted by atomic mass is 32.1. The van der Waals surface area contributed by atoms with Crippen molar-refractivity contribution in [2.45, 2.75) is 13.8 Å². The van der Waals surface area contributed by atoms with E-state index in [0.29, 0.717) is 11.3 Å². The van der Waals surface area contributed by atoms with E-state index in [2.05, 4.69) is 5.16 Å². The molecule has 2 rings (SSSR count). The van der Waals surface area contributed by atoms with Gasteiger partial charge in [0.25, 0.3) is 0 Å². The molecule has 0 saturated heterocycles. The summed E-state index contributed by atoms with van der Waals surface area (Å²) < 4.78 is 0. The van der Waals surface area contributed by atoms with E-state index in [1.165, 1.54) is 0 Å². The number of thiophene rings is 1. The summed E-state index contributed by atoms with van der Waals surface area (Å²) in [6.07, 6.45) is 0. The van der Waals surface area contributed by atoms with Gasteiger partial charge < -0.3 is 4.84 Å². The molecule has 18 heavy (non-hydrogen) atoms. The van der Waals surface area contributed by atoms with E-state index in [1.807, 2.05) is 43.5 Å². The SMILES string of the molecule is CC(=NOC(=O)c1cccc(C)c1)c1cccs1. The summed E-state index contributed by atoms with van der Waals surface area (Å²) in [5, 5.41) is 5.81. The second kappa shape index (κ2) is 5.60. The monoisotopic (exact) mass is 259 g/mol. The van der Waals surface area contributed by atoms with Gasteiger partial charge >= 0.3 is 5.97 Å². The maximum atomic E-state index is 11.7.